The van der Waals surface area contributed by atoms with Gasteiger partial charge in [0.15, 0.2) is 0 Å². The standard InChI is InChI=1S/C25H22N4O3/c1-17-7-6-10-22(15-17)28-24(25(30)26-18(2)19-8-4-3-5-9-19)16-23(27-28)20-11-13-21(14-12-20)29(31)32/h3-16,18H,1-2H3,(H,26,30). The Labute approximate surface area is 185 Å². The second kappa shape index (κ2) is 8.85. The maximum Gasteiger partial charge on any atom is 0.270 e. The number of hydrogen-bond donors (Lipinski definition) is 1. The normalized spacial score (nSPS) is 11.7. The Morgan fingerprint density at radius 3 is 2.38 bits per heavy atom. The molecular weight excluding hydrogens is 404 g/mol. The van der Waals surface area contributed by atoms with Crippen LogP contribution >= 0.6 is 0 Å². The summed E-state index contributed by atoms with van der Waals surface area (Å²) in [7, 11) is 0. The summed E-state index contributed by atoms with van der Waals surface area (Å²) < 4.78 is 1.61. The first-order valence-corrected chi connectivity index (χ1v) is 10.2. The zero-order valence-electron chi connectivity index (χ0n) is 17.7. The Morgan fingerprint density at radius 2 is 1.72 bits per heavy atom. The van der Waals surface area contributed by atoms with E-state index in [-0.39, 0.29) is 17.6 Å². The van der Waals surface area contributed by atoms with Crippen molar-refractivity contribution in [2.24, 2.45) is 0 Å². The number of hydrogen-bond acceptors (Lipinski definition) is 4. The molecular formula is C25H22N4O3. The molecule has 0 aliphatic heterocycles. The van der Waals surface area contributed by atoms with Crippen LogP contribution < -0.4 is 5.32 Å². The van der Waals surface area contributed by atoms with Crippen molar-refractivity contribution in [2.45, 2.75) is 19.9 Å². The molecule has 0 saturated heterocycles. The summed E-state index contributed by atoms with van der Waals surface area (Å²) in [6, 6.07) is 25.1. The van der Waals surface area contributed by atoms with Gasteiger partial charge in [-0.2, -0.15) is 5.10 Å². The van der Waals surface area contributed by atoms with E-state index < -0.39 is 4.92 Å². The summed E-state index contributed by atoms with van der Waals surface area (Å²) in [4.78, 5) is 23.8. The van der Waals surface area contributed by atoms with Crippen molar-refractivity contribution in [1.82, 2.24) is 15.1 Å². The van der Waals surface area contributed by atoms with Gasteiger partial charge in [0.2, 0.25) is 0 Å². The number of rotatable bonds is 6. The van der Waals surface area contributed by atoms with Gasteiger partial charge in [-0.15, -0.1) is 0 Å². The number of carbonyl (C=O) groups excluding carboxylic acids is 1. The fourth-order valence-corrected chi connectivity index (χ4v) is 3.49. The van der Waals surface area contributed by atoms with Gasteiger partial charge in [-0.1, -0.05) is 42.5 Å². The van der Waals surface area contributed by atoms with Gasteiger partial charge >= 0.3 is 0 Å². The number of aromatic nitrogens is 2. The van der Waals surface area contributed by atoms with E-state index in [0.29, 0.717) is 17.0 Å². The first-order chi connectivity index (χ1) is 15.4. The number of nitrogens with zero attached hydrogens (tertiary/aromatic N) is 3. The minimum atomic E-state index is -0.445. The van der Waals surface area contributed by atoms with Crippen LogP contribution in [-0.2, 0) is 0 Å². The molecule has 1 unspecified atom stereocenters. The van der Waals surface area contributed by atoms with Crippen molar-refractivity contribution in [3.05, 3.63) is 112 Å². The maximum atomic E-state index is 13.2. The van der Waals surface area contributed by atoms with Gasteiger partial charge in [0.1, 0.15) is 5.69 Å². The quantitative estimate of drug-likeness (QED) is 0.337. The van der Waals surface area contributed by atoms with E-state index in [2.05, 4.69) is 10.4 Å². The molecule has 0 aliphatic rings. The zero-order chi connectivity index (χ0) is 22.7. The molecule has 7 nitrogen and oxygen atoms in total. The van der Waals surface area contributed by atoms with Crippen molar-refractivity contribution in [3.8, 4) is 16.9 Å². The third-order valence-electron chi connectivity index (χ3n) is 5.21. The van der Waals surface area contributed by atoms with Gasteiger partial charge < -0.3 is 5.32 Å². The zero-order valence-corrected chi connectivity index (χ0v) is 17.7. The topological polar surface area (TPSA) is 90.1 Å². The Kier molecular flexibility index (Phi) is 5.81. The highest BCUT2D eigenvalue weighted by Gasteiger charge is 2.20. The maximum absolute atomic E-state index is 13.2. The highest BCUT2D eigenvalue weighted by atomic mass is 16.6. The van der Waals surface area contributed by atoms with Crippen LogP contribution in [0, 0.1) is 17.0 Å². The number of benzene rings is 3. The Bertz CT molecular complexity index is 1260. The molecule has 3 aromatic carbocycles. The van der Waals surface area contributed by atoms with Crippen LogP contribution in [-0.4, -0.2) is 20.6 Å². The average molecular weight is 426 g/mol. The van der Waals surface area contributed by atoms with Gasteiger partial charge in [0.25, 0.3) is 11.6 Å². The molecule has 0 bridgehead atoms. The van der Waals surface area contributed by atoms with E-state index in [9.17, 15) is 14.9 Å². The predicted molar refractivity (Wildman–Crippen MR) is 123 cm³/mol. The first-order valence-electron chi connectivity index (χ1n) is 10.2. The summed E-state index contributed by atoms with van der Waals surface area (Å²) in [6.45, 7) is 3.90. The SMILES string of the molecule is Cc1cccc(-n2nc(-c3ccc([N+](=O)[O-])cc3)cc2C(=O)NC(C)c2ccccc2)c1. The van der Waals surface area contributed by atoms with Crippen molar-refractivity contribution >= 4 is 11.6 Å². The van der Waals surface area contributed by atoms with Crippen LogP contribution in [0.4, 0.5) is 5.69 Å². The number of amides is 1. The van der Waals surface area contributed by atoms with Crippen LogP contribution in [0.25, 0.3) is 16.9 Å². The molecule has 1 heterocycles. The van der Waals surface area contributed by atoms with E-state index in [0.717, 1.165) is 16.8 Å². The number of nitro groups is 1. The summed E-state index contributed by atoms with van der Waals surface area (Å²) in [6.07, 6.45) is 0. The third kappa shape index (κ3) is 4.41. The second-order valence-electron chi connectivity index (χ2n) is 7.58. The molecule has 0 fully saturated rings. The number of non-ortho nitro benzene ring substituents is 1. The van der Waals surface area contributed by atoms with E-state index in [4.69, 9.17) is 0 Å². The molecule has 7 heteroatoms. The molecule has 4 aromatic rings. The minimum absolute atomic E-state index is 0.00141. The summed E-state index contributed by atoms with van der Waals surface area (Å²) >= 11 is 0. The van der Waals surface area contributed by atoms with Gasteiger partial charge in [0.05, 0.1) is 22.3 Å². The molecule has 0 radical (unpaired) electrons. The third-order valence-corrected chi connectivity index (χ3v) is 5.21. The van der Waals surface area contributed by atoms with Crippen molar-refractivity contribution in [3.63, 3.8) is 0 Å². The number of nitrogens with one attached hydrogen (secondary N) is 1. The summed E-state index contributed by atoms with van der Waals surface area (Å²) in [5, 5.41) is 18.7. The van der Waals surface area contributed by atoms with E-state index in [1.807, 2.05) is 68.4 Å². The largest absolute Gasteiger partial charge is 0.344 e. The Hall–Kier alpha value is -4.26. The highest BCUT2D eigenvalue weighted by Crippen LogP contribution is 2.25. The molecule has 4 rings (SSSR count). The van der Waals surface area contributed by atoms with Gasteiger partial charge in [-0.3, -0.25) is 14.9 Å². The fourth-order valence-electron chi connectivity index (χ4n) is 3.49. The van der Waals surface area contributed by atoms with Gasteiger partial charge in [-0.05, 0) is 55.3 Å². The van der Waals surface area contributed by atoms with E-state index >= 15 is 0 Å². The number of nitro benzene ring substituents is 1. The van der Waals surface area contributed by atoms with Crippen LogP contribution in [0.3, 0.4) is 0 Å². The second-order valence-corrected chi connectivity index (χ2v) is 7.58. The van der Waals surface area contributed by atoms with E-state index in [1.165, 1.54) is 12.1 Å². The predicted octanol–water partition coefficient (Wildman–Crippen LogP) is 5.25. The van der Waals surface area contributed by atoms with Crippen LogP contribution in [0.2, 0.25) is 0 Å². The molecule has 1 amide bonds. The summed E-state index contributed by atoms with van der Waals surface area (Å²) in [5.41, 5.74) is 4.42. The molecule has 1 aromatic heterocycles. The molecule has 0 aliphatic carbocycles. The Morgan fingerprint density at radius 1 is 1.00 bits per heavy atom. The highest BCUT2D eigenvalue weighted by molar-refractivity contribution is 5.94. The minimum Gasteiger partial charge on any atom is -0.344 e. The van der Waals surface area contributed by atoms with Crippen molar-refractivity contribution in [2.75, 3.05) is 0 Å². The van der Waals surface area contributed by atoms with Crippen LogP contribution in [0.15, 0.2) is 84.9 Å². The lowest BCUT2D eigenvalue weighted by Crippen LogP contribution is -2.28. The molecule has 32 heavy (non-hydrogen) atoms. The van der Waals surface area contributed by atoms with Crippen molar-refractivity contribution < 1.29 is 9.72 Å². The van der Waals surface area contributed by atoms with Crippen LogP contribution in [0.5, 0.6) is 0 Å². The fraction of sp³-hybridized carbons (Fsp3) is 0.120. The molecule has 0 spiro atoms. The first kappa shape index (κ1) is 21.0. The molecule has 0 saturated carbocycles. The molecule has 1 atom stereocenters. The molecule has 1 N–H and O–H groups in total. The monoisotopic (exact) mass is 426 g/mol. The van der Waals surface area contributed by atoms with Gasteiger partial charge in [-0.25, -0.2) is 4.68 Å². The number of carbonyl (C=O) groups is 1. The lowest BCUT2D eigenvalue weighted by atomic mass is 10.1. The summed E-state index contributed by atoms with van der Waals surface area (Å²) in [5.74, 6) is -0.261. The number of aryl methyl sites for hydroxylation is 1. The van der Waals surface area contributed by atoms with Gasteiger partial charge in [0, 0.05) is 17.7 Å². The lowest BCUT2D eigenvalue weighted by molar-refractivity contribution is -0.384. The van der Waals surface area contributed by atoms with Crippen LogP contribution in [0.1, 0.15) is 34.6 Å². The lowest BCUT2D eigenvalue weighted by Gasteiger charge is -2.15. The van der Waals surface area contributed by atoms with Crippen molar-refractivity contribution in [1.29, 1.82) is 0 Å². The smallest absolute Gasteiger partial charge is 0.270 e. The van der Waals surface area contributed by atoms with E-state index in [1.54, 1.807) is 22.9 Å². The molecule has 160 valence electrons. The Balaban J connectivity index is 1.72. The average Bonchev–Trinajstić information content (AvgIpc) is 3.25.